The number of aliphatic hydroxyl groups excluding tert-OH is 3. The van der Waals surface area contributed by atoms with Crippen LogP contribution in [0.25, 0.3) is 0 Å². The van der Waals surface area contributed by atoms with E-state index in [1.807, 2.05) is 0 Å². The zero-order valence-electron chi connectivity index (χ0n) is 7.86. The summed E-state index contributed by atoms with van der Waals surface area (Å²) in [5.74, 6) is 0. The molecule has 6 nitrogen and oxygen atoms in total. The number of hydrogen-bond acceptors (Lipinski definition) is 4. The quantitative estimate of drug-likeness (QED) is 0.329. The number of amides is 2. The molecule has 0 radical (unpaired) electrons. The van der Waals surface area contributed by atoms with Gasteiger partial charge in [0.15, 0.2) is 0 Å². The highest BCUT2D eigenvalue weighted by atomic mass is 16.3. The van der Waals surface area contributed by atoms with Crippen LogP contribution in [0.3, 0.4) is 0 Å². The first-order chi connectivity index (χ1) is 6.64. The van der Waals surface area contributed by atoms with Gasteiger partial charge in [0.1, 0.15) is 5.54 Å². The first kappa shape index (κ1) is 12.9. The molecular weight excluding hydrogens is 188 g/mol. The Morgan fingerprint density at radius 2 is 1.79 bits per heavy atom. The van der Waals surface area contributed by atoms with E-state index in [4.69, 9.17) is 15.3 Å². The van der Waals surface area contributed by atoms with Crippen molar-refractivity contribution in [1.82, 2.24) is 10.6 Å². The van der Waals surface area contributed by atoms with Crippen molar-refractivity contribution < 1.29 is 20.1 Å². The van der Waals surface area contributed by atoms with Gasteiger partial charge < -0.3 is 26.0 Å². The molecule has 0 atom stereocenters. The van der Waals surface area contributed by atoms with Gasteiger partial charge in [0.25, 0.3) is 0 Å². The maximum Gasteiger partial charge on any atom is 0.315 e. The first-order valence-corrected chi connectivity index (χ1v) is 4.13. The van der Waals surface area contributed by atoms with Gasteiger partial charge in [-0.3, -0.25) is 0 Å². The monoisotopic (exact) mass is 204 g/mol. The molecule has 0 aliphatic carbocycles. The van der Waals surface area contributed by atoms with Crippen molar-refractivity contribution in [2.75, 3.05) is 26.4 Å². The van der Waals surface area contributed by atoms with Crippen molar-refractivity contribution >= 4 is 6.03 Å². The van der Waals surface area contributed by atoms with Crippen molar-refractivity contribution in [1.29, 1.82) is 0 Å². The van der Waals surface area contributed by atoms with Crippen molar-refractivity contribution in [3.05, 3.63) is 12.7 Å². The Bertz CT molecular complexity index is 184. The summed E-state index contributed by atoms with van der Waals surface area (Å²) in [5.41, 5.74) is -1.38. The highest BCUT2D eigenvalue weighted by Crippen LogP contribution is 2.00. The smallest absolute Gasteiger partial charge is 0.315 e. The fourth-order valence-electron chi connectivity index (χ4n) is 0.718. The van der Waals surface area contributed by atoms with E-state index >= 15 is 0 Å². The van der Waals surface area contributed by atoms with Gasteiger partial charge in [0, 0.05) is 6.54 Å². The van der Waals surface area contributed by atoms with Gasteiger partial charge >= 0.3 is 6.03 Å². The summed E-state index contributed by atoms with van der Waals surface area (Å²) in [6.45, 7) is 2.05. The molecule has 0 aromatic heterocycles. The lowest BCUT2D eigenvalue weighted by Crippen LogP contribution is -2.59. The van der Waals surface area contributed by atoms with Crippen molar-refractivity contribution in [3.8, 4) is 0 Å². The Hall–Kier alpha value is -1.11. The largest absolute Gasteiger partial charge is 0.394 e. The summed E-state index contributed by atoms with van der Waals surface area (Å²) < 4.78 is 0. The molecule has 5 N–H and O–H groups in total. The van der Waals surface area contributed by atoms with Crippen molar-refractivity contribution in [3.63, 3.8) is 0 Å². The average Bonchev–Trinajstić information content (AvgIpc) is 2.23. The predicted molar refractivity (Wildman–Crippen MR) is 50.7 cm³/mol. The average molecular weight is 204 g/mol. The van der Waals surface area contributed by atoms with Crippen LogP contribution >= 0.6 is 0 Å². The first-order valence-electron chi connectivity index (χ1n) is 4.13. The summed E-state index contributed by atoms with van der Waals surface area (Å²) in [5, 5.41) is 31.3. The molecule has 6 heteroatoms. The second-order valence-electron chi connectivity index (χ2n) is 2.88. The summed E-state index contributed by atoms with van der Waals surface area (Å²) in [6.07, 6.45) is 1.48. The molecule has 0 rings (SSSR count). The van der Waals surface area contributed by atoms with Crippen LogP contribution in [0.2, 0.25) is 0 Å². The van der Waals surface area contributed by atoms with Gasteiger partial charge in [-0.25, -0.2) is 4.79 Å². The Labute approximate surface area is 82.2 Å². The minimum atomic E-state index is -1.38. The molecule has 0 aliphatic heterocycles. The van der Waals surface area contributed by atoms with Crippen LogP contribution in [0.5, 0.6) is 0 Å². The van der Waals surface area contributed by atoms with E-state index in [2.05, 4.69) is 17.2 Å². The number of aliphatic hydroxyl groups is 3. The van der Waals surface area contributed by atoms with Crippen LogP contribution < -0.4 is 10.6 Å². The fraction of sp³-hybridized carbons (Fsp3) is 0.625. The minimum Gasteiger partial charge on any atom is -0.394 e. The van der Waals surface area contributed by atoms with Crippen molar-refractivity contribution in [2.24, 2.45) is 0 Å². The molecule has 0 saturated carbocycles. The third-order valence-corrected chi connectivity index (χ3v) is 1.69. The van der Waals surface area contributed by atoms with Crippen LogP contribution in [0, 0.1) is 0 Å². The molecule has 0 saturated heterocycles. The number of rotatable bonds is 6. The molecule has 0 aliphatic rings. The Balaban J connectivity index is 4.14. The van der Waals surface area contributed by atoms with E-state index in [-0.39, 0.29) is 6.54 Å². The Kier molecular flexibility index (Phi) is 5.86. The van der Waals surface area contributed by atoms with Crippen LogP contribution in [-0.4, -0.2) is 53.3 Å². The lowest BCUT2D eigenvalue weighted by molar-refractivity contribution is 0.0494. The molecule has 82 valence electrons. The SMILES string of the molecule is C=CCNC(=O)NC(CO)(CO)CO. The maximum atomic E-state index is 11.1. The van der Waals surface area contributed by atoms with E-state index < -0.39 is 31.4 Å². The normalized spacial score (nSPS) is 10.8. The Morgan fingerprint density at radius 1 is 1.29 bits per heavy atom. The summed E-state index contributed by atoms with van der Waals surface area (Å²) in [6, 6.07) is -0.581. The molecule has 0 heterocycles. The Morgan fingerprint density at radius 3 is 2.14 bits per heavy atom. The number of nitrogens with one attached hydrogen (secondary N) is 2. The second kappa shape index (κ2) is 6.36. The molecule has 0 aromatic rings. The predicted octanol–water partition coefficient (Wildman–Crippen LogP) is -1.81. The van der Waals surface area contributed by atoms with Gasteiger partial charge in [-0.15, -0.1) is 6.58 Å². The minimum absolute atomic E-state index is 0.268. The van der Waals surface area contributed by atoms with Crippen LogP contribution in [0.15, 0.2) is 12.7 Å². The number of carbonyl (C=O) groups is 1. The number of hydrogen-bond donors (Lipinski definition) is 5. The second-order valence-corrected chi connectivity index (χ2v) is 2.88. The van der Waals surface area contributed by atoms with Gasteiger partial charge in [0.05, 0.1) is 19.8 Å². The zero-order valence-corrected chi connectivity index (χ0v) is 7.86. The van der Waals surface area contributed by atoms with Gasteiger partial charge in [-0.1, -0.05) is 6.08 Å². The standard InChI is InChI=1S/C8H16N2O4/c1-2-3-9-7(14)10-8(4-11,5-12)6-13/h2,11-13H,1,3-6H2,(H2,9,10,14). The van der Waals surface area contributed by atoms with Crippen LogP contribution in [0.4, 0.5) is 4.79 Å². The molecule has 0 unspecified atom stereocenters. The molecule has 14 heavy (non-hydrogen) atoms. The summed E-state index contributed by atoms with van der Waals surface area (Å²) >= 11 is 0. The summed E-state index contributed by atoms with van der Waals surface area (Å²) in [7, 11) is 0. The highest BCUT2D eigenvalue weighted by Gasteiger charge is 2.29. The molecule has 0 fully saturated rings. The van der Waals surface area contributed by atoms with Crippen LogP contribution in [0.1, 0.15) is 0 Å². The third kappa shape index (κ3) is 3.73. The van der Waals surface area contributed by atoms with Gasteiger partial charge in [-0.2, -0.15) is 0 Å². The summed E-state index contributed by atoms with van der Waals surface area (Å²) in [4.78, 5) is 11.1. The van der Waals surface area contributed by atoms with E-state index in [1.54, 1.807) is 0 Å². The third-order valence-electron chi connectivity index (χ3n) is 1.69. The van der Waals surface area contributed by atoms with Gasteiger partial charge in [0.2, 0.25) is 0 Å². The van der Waals surface area contributed by atoms with Crippen LogP contribution in [-0.2, 0) is 0 Å². The van der Waals surface area contributed by atoms with E-state index in [0.29, 0.717) is 0 Å². The van der Waals surface area contributed by atoms with E-state index in [9.17, 15) is 4.79 Å². The molecule has 0 spiro atoms. The van der Waals surface area contributed by atoms with E-state index in [1.165, 1.54) is 6.08 Å². The molecule has 0 aromatic carbocycles. The van der Waals surface area contributed by atoms with Crippen molar-refractivity contribution in [2.45, 2.75) is 5.54 Å². The maximum absolute atomic E-state index is 11.1. The lowest BCUT2D eigenvalue weighted by atomic mass is 10.0. The van der Waals surface area contributed by atoms with Gasteiger partial charge in [-0.05, 0) is 0 Å². The molecule has 2 amide bonds. The van der Waals surface area contributed by atoms with E-state index in [0.717, 1.165) is 0 Å². The topological polar surface area (TPSA) is 102 Å². The zero-order chi connectivity index (χ0) is 11.0. The lowest BCUT2D eigenvalue weighted by Gasteiger charge is -2.28. The number of carbonyl (C=O) groups excluding carboxylic acids is 1. The fourth-order valence-corrected chi connectivity index (χ4v) is 0.718. The number of urea groups is 1. The molecular formula is C8H16N2O4. The highest BCUT2D eigenvalue weighted by molar-refractivity contribution is 5.75. The molecule has 0 bridgehead atoms.